The third-order valence-corrected chi connectivity index (χ3v) is 5.00. The van der Waals surface area contributed by atoms with E-state index in [4.69, 9.17) is 4.74 Å². The summed E-state index contributed by atoms with van der Waals surface area (Å²) < 4.78 is 5.76. The first kappa shape index (κ1) is 15.1. The van der Waals surface area contributed by atoms with Gasteiger partial charge in [-0.25, -0.2) is 0 Å². The van der Waals surface area contributed by atoms with E-state index >= 15 is 0 Å². The Balaban J connectivity index is 1.56. The van der Waals surface area contributed by atoms with Crippen molar-refractivity contribution in [1.82, 2.24) is 5.32 Å². The monoisotopic (exact) mass is 287 g/mol. The average Bonchev–Trinajstić information content (AvgIpc) is 3.16. The van der Waals surface area contributed by atoms with Crippen molar-refractivity contribution in [2.24, 2.45) is 0 Å². The number of aryl methyl sites for hydroxylation is 2. The van der Waals surface area contributed by atoms with Gasteiger partial charge in [-0.15, -0.1) is 0 Å². The van der Waals surface area contributed by atoms with Gasteiger partial charge in [0.25, 0.3) is 0 Å². The van der Waals surface area contributed by atoms with Crippen LogP contribution in [0.1, 0.15) is 55.7 Å². The van der Waals surface area contributed by atoms with Crippen LogP contribution in [-0.2, 0) is 24.0 Å². The fourth-order valence-electron chi connectivity index (χ4n) is 3.86. The van der Waals surface area contributed by atoms with Crippen LogP contribution in [0, 0.1) is 0 Å². The Hall–Kier alpha value is -0.860. The van der Waals surface area contributed by atoms with Gasteiger partial charge in [0, 0.05) is 12.6 Å². The Kier molecular flexibility index (Phi) is 5.32. The summed E-state index contributed by atoms with van der Waals surface area (Å²) in [7, 11) is 0. The highest BCUT2D eigenvalue weighted by Gasteiger charge is 2.18. The maximum atomic E-state index is 5.76. The zero-order valence-corrected chi connectivity index (χ0v) is 13.4. The van der Waals surface area contributed by atoms with E-state index in [9.17, 15) is 0 Å². The predicted octanol–water partition coefficient (Wildman–Crippen LogP) is 3.66. The van der Waals surface area contributed by atoms with Gasteiger partial charge in [-0.05, 0) is 74.6 Å². The predicted molar refractivity (Wildman–Crippen MR) is 87.8 cm³/mol. The summed E-state index contributed by atoms with van der Waals surface area (Å²) in [5, 5.41) is 3.67. The lowest BCUT2D eigenvalue weighted by Gasteiger charge is -2.20. The molecule has 1 fully saturated rings. The van der Waals surface area contributed by atoms with Gasteiger partial charge in [-0.3, -0.25) is 0 Å². The van der Waals surface area contributed by atoms with E-state index in [0.717, 1.165) is 19.6 Å². The molecule has 21 heavy (non-hydrogen) atoms. The van der Waals surface area contributed by atoms with Crippen molar-refractivity contribution in [2.75, 3.05) is 13.2 Å². The molecule has 1 heterocycles. The summed E-state index contributed by atoms with van der Waals surface area (Å²) in [4.78, 5) is 0. The zero-order valence-electron chi connectivity index (χ0n) is 13.4. The van der Waals surface area contributed by atoms with Crippen molar-refractivity contribution in [2.45, 2.75) is 70.4 Å². The molecule has 1 aliphatic carbocycles. The number of hydrogen-bond donors (Lipinski definition) is 1. The van der Waals surface area contributed by atoms with Crippen molar-refractivity contribution in [3.63, 3.8) is 0 Å². The lowest BCUT2D eigenvalue weighted by atomic mass is 9.97. The molecule has 0 amide bonds. The van der Waals surface area contributed by atoms with E-state index in [2.05, 4.69) is 30.4 Å². The summed E-state index contributed by atoms with van der Waals surface area (Å²) in [5.74, 6) is 0. The van der Waals surface area contributed by atoms with Gasteiger partial charge in [0.2, 0.25) is 0 Å². The standard InChI is InChI=1S/C19H29NO/c1-2-20-18(10-11-19-7-4-12-21-19)14-15-8-9-16-5-3-6-17(16)13-15/h8-9,13,18-20H,2-7,10-12,14H2,1H3. The van der Waals surface area contributed by atoms with Gasteiger partial charge in [-0.2, -0.15) is 0 Å². The molecule has 2 unspecified atom stereocenters. The molecule has 1 aliphatic heterocycles. The first-order valence-corrected chi connectivity index (χ1v) is 8.81. The van der Waals surface area contributed by atoms with E-state index in [1.165, 1.54) is 50.5 Å². The van der Waals surface area contributed by atoms with Gasteiger partial charge in [-0.1, -0.05) is 25.1 Å². The van der Waals surface area contributed by atoms with Gasteiger partial charge < -0.3 is 10.1 Å². The summed E-state index contributed by atoms with van der Waals surface area (Å²) in [6.07, 6.45) is 10.5. The number of ether oxygens (including phenoxy) is 1. The third-order valence-electron chi connectivity index (χ3n) is 5.00. The van der Waals surface area contributed by atoms with E-state index in [-0.39, 0.29) is 0 Å². The van der Waals surface area contributed by atoms with E-state index in [1.54, 1.807) is 11.1 Å². The number of fused-ring (bicyclic) bond motifs is 1. The summed E-state index contributed by atoms with van der Waals surface area (Å²) in [5.41, 5.74) is 4.69. The molecule has 2 nitrogen and oxygen atoms in total. The van der Waals surface area contributed by atoms with Gasteiger partial charge in [0.15, 0.2) is 0 Å². The lowest BCUT2D eigenvalue weighted by molar-refractivity contribution is 0.0996. The van der Waals surface area contributed by atoms with Crippen molar-refractivity contribution < 1.29 is 4.74 Å². The SMILES string of the molecule is CCNC(CCC1CCCO1)Cc1ccc2c(c1)CCC2. The van der Waals surface area contributed by atoms with Crippen molar-refractivity contribution in [1.29, 1.82) is 0 Å². The van der Waals surface area contributed by atoms with Gasteiger partial charge in [0.1, 0.15) is 0 Å². The fourth-order valence-corrected chi connectivity index (χ4v) is 3.86. The Morgan fingerprint density at radius 1 is 1.24 bits per heavy atom. The maximum absolute atomic E-state index is 5.76. The van der Waals surface area contributed by atoms with Crippen LogP contribution in [0.5, 0.6) is 0 Å². The number of nitrogens with one attached hydrogen (secondary N) is 1. The third kappa shape index (κ3) is 4.08. The highest BCUT2D eigenvalue weighted by molar-refractivity contribution is 5.35. The van der Waals surface area contributed by atoms with E-state index in [1.807, 2.05) is 0 Å². The number of likely N-dealkylation sites (N-methyl/N-ethyl adjacent to an activating group) is 1. The molecular weight excluding hydrogens is 258 g/mol. The molecular formula is C19H29NO. The topological polar surface area (TPSA) is 21.3 Å². The minimum absolute atomic E-state index is 0.520. The van der Waals surface area contributed by atoms with Crippen LogP contribution in [0.25, 0.3) is 0 Å². The highest BCUT2D eigenvalue weighted by Crippen LogP contribution is 2.24. The Morgan fingerprint density at radius 2 is 2.14 bits per heavy atom. The molecule has 1 N–H and O–H groups in total. The highest BCUT2D eigenvalue weighted by atomic mass is 16.5. The second-order valence-corrected chi connectivity index (χ2v) is 6.63. The van der Waals surface area contributed by atoms with Crippen LogP contribution in [0.15, 0.2) is 18.2 Å². The molecule has 1 aromatic rings. The first-order chi connectivity index (χ1) is 10.3. The number of rotatable bonds is 7. The van der Waals surface area contributed by atoms with Crippen molar-refractivity contribution >= 4 is 0 Å². The quantitative estimate of drug-likeness (QED) is 0.826. The van der Waals surface area contributed by atoms with Crippen LogP contribution in [0.2, 0.25) is 0 Å². The first-order valence-electron chi connectivity index (χ1n) is 8.81. The van der Waals surface area contributed by atoms with Crippen LogP contribution in [0.3, 0.4) is 0 Å². The van der Waals surface area contributed by atoms with E-state index < -0.39 is 0 Å². The minimum Gasteiger partial charge on any atom is -0.378 e. The van der Waals surface area contributed by atoms with Crippen LogP contribution < -0.4 is 5.32 Å². The Labute approximate surface area is 129 Å². The molecule has 0 bridgehead atoms. The molecule has 2 atom stereocenters. The average molecular weight is 287 g/mol. The fraction of sp³-hybridized carbons (Fsp3) is 0.684. The molecule has 3 rings (SSSR count). The second kappa shape index (κ2) is 7.42. The van der Waals surface area contributed by atoms with Crippen LogP contribution in [-0.4, -0.2) is 25.3 Å². The normalized spacial score (nSPS) is 22.4. The number of hydrogen-bond acceptors (Lipinski definition) is 2. The molecule has 0 aromatic heterocycles. The van der Waals surface area contributed by atoms with Crippen LogP contribution >= 0.6 is 0 Å². The zero-order chi connectivity index (χ0) is 14.5. The summed E-state index contributed by atoms with van der Waals surface area (Å²) >= 11 is 0. The van der Waals surface area contributed by atoms with Crippen LogP contribution in [0.4, 0.5) is 0 Å². The summed E-state index contributed by atoms with van der Waals surface area (Å²) in [6, 6.07) is 7.76. The van der Waals surface area contributed by atoms with Gasteiger partial charge >= 0.3 is 0 Å². The molecule has 1 aromatic carbocycles. The summed E-state index contributed by atoms with van der Waals surface area (Å²) in [6.45, 7) is 4.24. The smallest absolute Gasteiger partial charge is 0.0576 e. The molecule has 2 heteroatoms. The Morgan fingerprint density at radius 3 is 2.95 bits per heavy atom. The van der Waals surface area contributed by atoms with Crippen molar-refractivity contribution in [3.8, 4) is 0 Å². The largest absolute Gasteiger partial charge is 0.378 e. The molecule has 116 valence electrons. The minimum atomic E-state index is 0.520. The van der Waals surface area contributed by atoms with Gasteiger partial charge in [0.05, 0.1) is 6.10 Å². The number of benzene rings is 1. The molecule has 0 radical (unpaired) electrons. The Bertz CT molecular complexity index is 451. The second-order valence-electron chi connectivity index (χ2n) is 6.63. The lowest BCUT2D eigenvalue weighted by Crippen LogP contribution is -2.32. The van der Waals surface area contributed by atoms with Crippen molar-refractivity contribution in [3.05, 3.63) is 34.9 Å². The maximum Gasteiger partial charge on any atom is 0.0576 e. The molecule has 1 saturated heterocycles. The molecule has 0 spiro atoms. The molecule has 2 aliphatic rings. The van der Waals surface area contributed by atoms with E-state index in [0.29, 0.717) is 12.1 Å². The molecule has 0 saturated carbocycles.